The molecule has 30 heavy (non-hydrogen) atoms. The Labute approximate surface area is 177 Å². The van der Waals surface area contributed by atoms with Gasteiger partial charge in [-0.3, -0.25) is 4.79 Å². The third-order valence-corrected chi connectivity index (χ3v) is 6.16. The van der Waals surface area contributed by atoms with E-state index in [1.54, 1.807) is 18.2 Å². The van der Waals surface area contributed by atoms with Crippen molar-refractivity contribution in [3.63, 3.8) is 0 Å². The Hall–Kier alpha value is -3.13. The quantitative estimate of drug-likeness (QED) is 0.454. The van der Waals surface area contributed by atoms with Crippen LogP contribution in [-0.2, 0) is 9.53 Å². The molecule has 1 unspecified atom stereocenters. The normalized spacial score (nSPS) is 22.6. The molecule has 0 spiro atoms. The van der Waals surface area contributed by atoms with Crippen LogP contribution in [0.5, 0.6) is 11.6 Å². The van der Waals surface area contributed by atoms with Crippen LogP contribution in [-0.4, -0.2) is 11.0 Å². The molecule has 3 atom stereocenters. The Kier molecular flexibility index (Phi) is 5.59. The number of carbonyl (C=O) groups is 1. The predicted octanol–water partition coefficient (Wildman–Crippen LogP) is 5.75. The Morgan fingerprint density at radius 1 is 1.17 bits per heavy atom. The number of allylic oxidation sites excluding steroid dienone is 2. The molecule has 154 valence electrons. The Morgan fingerprint density at radius 3 is 2.60 bits per heavy atom. The first-order valence-corrected chi connectivity index (χ1v) is 10.5. The topological polar surface area (TPSA) is 72.2 Å². The molecule has 0 saturated heterocycles. The van der Waals surface area contributed by atoms with Crippen LogP contribution in [0.3, 0.4) is 0 Å². The number of para-hydroxylation sites is 1. The molecule has 2 fully saturated rings. The van der Waals surface area contributed by atoms with Gasteiger partial charge in [0.15, 0.2) is 0 Å². The molecule has 1 aromatic carbocycles. The number of pyridine rings is 1. The zero-order chi connectivity index (χ0) is 21.1. The summed E-state index contributed by atoms with van der Waals surface area (Å²) in [5, 5.41) is 9.62. The summed E-state index contributed by atoms with van der Waals surface area (Å²) in [6.07, 6.45) is 5.94. The van der Waals surface area contributed by atoms with Gasteiger partial charge < -0.3 is 9.47 Å². The van der Waals surface area contributed by atoms with Crippen LogP contribution in [0.25, 0.3) is 0 Å². The first-order chi connectivity index (χ1) is 14.5. The Bertz CT molecular complexity index is 983. The van der Waals surface area contributed by atoms with Crippen LogP contribution in [0.15, 0.2) is 60.2 Å². The highest BCUT2D eigenvalue weighted by molar-refractivity contribution is 5.78. The minimum absolute atomic E-state index is 0.140. The van der Waals surface area contributed by atoms with Crippen LogP contribution < -0.4 is 4.74 Å². The molecule has 2 saturated carbocycles. The number of hydrogen-bond donors (Lipinski definition) is 0. The van der Waals surface area contributed by atoms with Gasteiger partial charge >= 0.3 is 5.97 Å². The second-order valence-corrected chi connectivity index (χ2v) is 8.62. The second kappa shape index (κ2) is 8.31. The van der Waals surface area contributed by atoms with Crippen molar-refractivity contribution in [2.45, 2.75) is 45.6 Å². The molecule has 5 heteroatoms. The van der Waals surface area contributed by atoms with E-state index in [9.17, 15) is 10.1 Å². The number of esters is 1. The second-order valence-electron chi connectivity index (χ2n) is 8.62. The molecule has 5 nitrogen and oxygen atoms in total. The first-order valence-electron chi connectivity index (χ1n) is 10.5. The fourth-order valence-corrected chi connectivity index (χ4v) is 4.27. The molecule has 0 bridgehead atoms. The van der Waals surface area contributed by atoms with Gasteiger partial charge in [0.1, 0.15) is 11.8 Å². The Balaban J connectivity index is 1.45. The SMILES string of the molecule is CC1(C)[C@H](C=C2CCCC2)[C@H]1C(=O)OC(C#N)c1cccc(Oc2ccccc2)n1. The minimum atomic E-state index is -1.06. The van der Waals surface area contributed by atoms with Crippen molar-refractivity contribution in [2.24, 2.45) is 17.3 Å². The summed E-state index contributed by atoms with van der Waals surface area (Å²) in [5.74, 6) is 0.631. The van der Waals surface area contributed by atoms with Crippen molar-refractivity contribution in [1.29, 1.82) is 5.26 Å². The van der Waals surface area contributed by atoms with Crippen molar-refractivity contribution < 1.29 is 14.3 Å². The molecular formula is C25H26N2O3. The zero-order valence-electron chi connectivity index (χ0n) is 17.4. The van der Waals surface area contributed by atoms with Crippen molar-refractivity contribution in [3.8, 4) is 17.7 Å². The summed E-state index contributed by atoms with van der Waals surface area (Å²) in [6, 6.07) is 16.5. The Morgan fingerprint density at radius 2 is 1.90 bits per heavy atom. The molecule has 0 radical (unpaired) electrons. The van der Waals surface area contributed by atoms with Crippen molar-refractivity contribution >= 4 is 5.97 Å². The lowest BCUT2D eigenvalue weighted by atomic mass is 10.1. The maximum atomic E-state index is 12.9. The highest BCUT2D eigenvalue weighted by Gasteiger charge is 2.61. The summed E-state index contributed by atoms with van der Waals surface area (Å²) < 4.78 is 11.3. The van der Waals surface area contributed by atoms with Crippen LogP contribution in [0.2, 0.25) is 0 Å². The molecular weight excluding hydrogens is 376 g/mol. The van der Waals surface area contributed by atoms with E-state index in [2.05, 4.69) is 31.0 Å². The zero-order valence-corrected chi connectivity index (χ0v) is 17.4. The monoisotopic (exact) mass is 402 g/mol. The molecule has 0 amide bonds. The van der Waals surface area contributed by atoms with Gasteiger partial charge in [-0.15, -0.1) is 0 Å². The lowest BCUT2D eigenvalue weighted by Crippen LogP contribution is -2.15. The molecule has 0 N–H and O–H groups in total. The lowest BCUT2D eigenvalue weighted by Gasteiger charge is -2.12. The largest absolute Gasteiger partial charge is 0.440 e. The van der Waals surface area contributed by atoms with E-state index in [-0.39, 0.29) is 23.2 Å². The summed E-state index contributed by atoms with van der Waals surface area (Å²) in [4.78, 5) is 17.2. The van der Waals surface area contributed by atoms with Crippen LogP contribution in [0.4, 0.5) is 0 Å². The highest BCUT2D eigenvalue weighted by atomic mass is 16.5. The summed E-state index contributed by atoms with van der Waals surface area (Å²) in [6.45, 7) is 4.17. The standard InChI is InChI=1S/C25H26N2O3/c1-25(2)19(15-17-9-6-7-10-17)23(25)24(28)30-21(16-26)20-13-8-14-22(27-20)29-18-11-4-3-5-12-18/h3-5,8,11-15,19,21,23H,6-7,9-10H2,1-2H3/t19-,21?,23+/m1/s1. The third kappa shape index (κ3) is 4.23. The van der Waals surface area contributed by atoms with Gasteiger partial charge in [-0.1, -0.05) is 49.8 Å². The van der Waals surface area contributed by atoms with Crippen molar-refractivity contribution in [3.05, 3.63) is 65.9 Å². The van der Waals surface area contributed by atoms with E-state index in [1.165, 1.54) is 18.4 Å². The molecule has 2 aliphatic carbocycles. The third-order valence-electron chi connectivity index (χ3n) is 6.16. The molecule has 2 aromatic rings. The number of nitrogens with zero attached hydrogens (tertiary/aromatic N) is 2. The van der Waals surface area contributed by atoms with E-state index in [1.807, 2.05) is 30.3 Å². The van der Waals surface area contributed by atoms with E-state index in [0.29, 0.717) is 17.3 Å². The number of rotatable bonds is 6. The average molecular weight is 402 g/mol. The molecule has 0 aliphatic heterocycles. The number of ether oxygens (including phenoxy) is 2. The summed E-state index contributed by atoms with van der Waals surface area (Å²) in [5.41, 5.74) is 1.68. The van der Waals surface area contributed by atoms with Crippen LogP contribution in [0.1, 0.15) is 51.3 Å². The van der Waals surface area contributed by atoms with Crippen LogP contribution >= 0.6 is 0 Å². The van der Waals surface area contributed by atoms with Crippen LogP contribution in [0, 0.1) is 28.6 Å². The number of benzene rings is 1. The number of aromatic nitrogens is 1. The van der Waals surface area contributed by atoms with Gasteiger partial charge in [0.05, 0.1) is 11.6 Å². The average Bonchev–Trinajstić information content (AvgIpc) is 3.07. The molecule has 2 aliphatic rings. The molecule has 1 heterocycles. The fraction of sp³-hybridized carbons (Fsp3) is 0.400. The number of carbonyl (C=O) groups excluding carboxylic acids is 1. The van der Waals surface area contributed by atoms with Gasteiger partial charge in [0.25, 0.3) is 0 Å². The maximum absolute atomic E-state index is 12.9. The van der Waals surface area contributed by atoms with E-state index in [0.717, 1.165) is 12.8 Å². The number of hydrogen-bond acceptors (Lipinski definition) is 5. The van der Waals surface area contributed by atoms with Crippen molar-refractivity contribution in [2.75, 3.05) is 0 Å². The molecule has 1 aromatic heterocycles. The van der Waals surface area contributed by atoms with Gasteiger partial charge in [-0.2, -0.15) is 5.26 Å². The fourth-order valence-electron chi connectivity index (χ4n) is 4.27. The predicted molar refractivity (Wildman–Crippen MR) is 113 cm³/mol. The summed E-state index contributed by atoms with van der Waals surface area (Å²) >= 11 is 0. The van der Waals surface area contributed by atoms with E-state index >= 15 is 0 Å². The summed E-state index contributed by atoms with van der Waals surface area (Å²) in [7, 11) is 0. The smallest absolute Gasteiger partial charge is 0.311 e. The lowest BCUT2D eigenvalue weighted by molar-refractivity contribution is -0.149. The minimum Gasteiger partial charge on any atom is -0.440 e. The molecule has 4 rings (SSSR count). The van der Waals surface area contributed by atoms with Gasteiger partial charge in [0.2, 0.25) is 12.0 Å². The van der Waals surface area contributed by atoms with Gasteiger partial charge in [0, 0.05) is 6.07 Å². The van der Waals surface area contributed by atoms with E-state index < -0.39 is 6.10 Å². The maximum Gasteiger partial charge on any atom is 0.311 e. The van der Waals surface area contributed by atoms with Gasteiger partial charge in [-0.25, -0.2) is 4.98 Å². The van der Waals surface area contributed by atoms with E-state index in [4.69, 9.17) is 9.47 Å². The van der Waals surface area contributed by atoms with Crippen molar-refractivity contribution in [1.82, 2.24) is 4.98 Å². The first kappa shape index (κ1) is 20.2. The highest BCUT2D eigenvalue weighted by Crippen LogP contribution is 2.60. The number of nitriles is 1. The van der Waals surface area contributed by atoms with Gasteiger partial charge in [-0.05, 0) is 55.2 Å².